The highest BCUT2D eigenvalue weighted by molar-refractivity contribution is 5.93. The molecule has 1 aliphatic rings. The second kappa shape index (κ2) is 8.68. The molecule has 1 aliphatic heterocycles. The summed E-state index contributed by atoms with van der Waals surface area (Å²) in [5.41, 5.74) is 0.742. The average Bonchev–Trinajstić information content (AvgIpc) is 2.62. The Balaban J connectivity index is 1.92. The molecule has 0 saturated carbocycles. The van der Waals surface area contributed by atoms with Gasteiger partial charge in [-0.15, -0.1) is 0 Å². The minimum Gasteiger partial charge on any atom is -0.497 e. The van der Waals surface area contributed by atoms with E-state index in [-0.39, 0.29) is 23.8 Å². The molecule has 6 nitrogen and oxygen atoms in total. The largest absolute Gasteiger partial charge is 0.497 e. The zero-order chi connectivity index (χ0) is 17.5. The van der Waals surface area contributed by atoms with Gasteiger partial charge in [0.1, 0.15) is 11.7 Å². The molecule has 1 aromatic rings. The van der Waals surface area contributed by atoms with Gasteiger partial charge in [-0.3, -0.25) is 9.59 Å². The SMILES string of the molecule is CCOC(=O)[C@@H]1CCC[NH+]([C@@H](C)C(=O)Nc2ccc(OC)cc2)C1. The van der Waals surface area contributed by atoms with Gasteiger partial charge in [0.25, 0.3) is 5.91 Å². The molecule has 0 radical (unpaired) electrons. The lowest BCUT2D eigenvalue weighted by molar-refractivity contribution is -0.921. The van der Waals surface area contributed by atoms with E-state index in [9.17, 15) is 9.59 Å². The molecule has 2 rings (SSSR count). The van der Waals surface area contributed by atoms with Crippen LogP contribution in [0.1, 0.15) is 26.7 Å². The number of amides is 1. The summed E-state index contributed by atoms with van der Waals surface area (Å²) in [5, 5.41) is 2.93. The topological polar surface area (TPSA) is 69.1 Å². The van der Waals surface area contributed by atoms with E-state index < -0.39 is 0 Å². The smallest absolute Gasteiger partial charge is 0.314 e. The summed E-state index contributed by atoms with van der Waals surface area (Å²) in [5.74, 6) is 0.460. The van der Waals surface area contributed by atoms with E-state index in [0.29, 0.717) is 13.2 Å². The van der Waals surface area contributed by atoms with Gasteiger partial charge in [0.2, 0.25) is 0 Å². The van der Waals surface area contributed by atoms with Gasteiger partial charge >= 0.3 is 5.97 Å². The van der Waals surface area contributed by atoms with Gasteiger partial charge in [-0.1, -0.05) is 0 Å². The van der Waals surface area contributed by atoms with Crippen molar-refractivity contribution >= 4 is 17.6 Å². The molecule has 1 aromatic carbocycles. The molecular formula is C18H27N2O4+. The van der Waals surface area contributed by atoms with Crippen LogP contribution in [0.2, 0.25) is 0 Å². The fraction of sp³-hybridized carbons (Fsp3) is 0.556. The van der Waals surface area contributed by atoms with Crippen molar-refractivity contribution in [3.8, 4) is 5.75 Å². The summed E-state index contributed by atoms with van der Waals surface area (Å²) in [4.78, 5) is 25.6. The van der Waals surface area contributed by atoms with Crippen LogP contribution in [0.25, 0.3) is 0 Å². The number of benzene rings is 1. The molecule has 0 spiro atoms. The predicted octanol–water partition coefficient (Wildman–Crippen LogP) is 0.880. The minimum absolute atomic E-state index is 0.0420. The lowest BCUT2D eigenvalue weighted by Crippen LogP contribution is -3.18. The first-order chi connectivity index (χ1) is 11.5. The normalized spacial score (nSPS) is 21.6. The van der Waals surface area contributed by atoms with Crippen molar-refractivity contribution < 1.29 is 24.0 Å². The van der Waals surface area contributed by atoms with Crippen LogP contribution < -0.4 is 15.0 Å². The van der Waals surface area contributed by atoms with Crippen LogP contribution in [0.4, 0.5) is 5.69 Å². The molecule has 132 valence electrons. The molecule has 3 atom stereocenters. The number of likely N-dealkylation sites (tertiary alicyclic amines) is 1. The third-order valence-electron chi connectivity index (χ3n) is 4.54. The second-order valence-corrected chi connectivity index (χ2v) is 6.14. The van der Waals surface area contributed by atoms with E-state index >= 15 is 0 Å². The molecule has 1 unspecified atom stereocenters. The Hall–Kier alpha value is -2.08. The lowest BCUT2D eigenvalue weighted by atomic mass is 9.97. The summed E-state index contributed by atoms with van der Waals surface area (Å²) < 4.78 is 10.2. The Morgan fingerprint density at radius 2 is 2.04 bits per heavy atom. The zero-order valence-corrected chi connectivity index (χ0v) is 14.6. The number of nitrogens with one attached hydrogen (secondary N) is 2. The van der Waals surface area contributed by atoms with Crippen molar-refractivity contribution in [2.75, 3.05) is 32.1 Å². The van der Waals surface area contributed by atoms with Crippen molar-refractivity contribution in [3.63, 3.8) is 0 Å². The Bertz CT molecular complexity index is 559. The Morgan fingerprint density at radius 1 is 1.33 bits per heavy atom. The first-order valence-electron chi connectivity index (χ1n) is 8.51. The Morgan fingerprint density at radius 3 is 2.67 bits per heavy atom. The monoisotopic (exact) mass is 335 g/mol. The number of methoxy groups -OCH3 is 1. The third kappa shape index (κ3) is 4.71. The number of ether oxygens (including phenoxy) is 2. The second-order valence-electron chi connectivity index (χ2n) is 6.14. The fourth-order valence-electron chi connectivity index (χ4n) is 3.06. The molecule has 6 heteroatoms. The minimum atomic E-state index is -0.218. The number of rotatable bonds is 6. The van der Waals surface area contributed by atoms with Crippen LogP contribution in [0.15, 0.2) is 24.3 Å². The molecule has 0 aliphatic carbocycles. The number of carbonyl (C=O) groups is 2. The zero-order valence-electron chi connectivity index (χ0n) is 14.6. The van der Waals surface area contributed by atoms with E-state index in [0.717, 1.165) is 35.7 Å². The third-order valence-corrected chi connectivity index (χ3v) is 4.54. The number of esters is 1. The highest BCUT2D eigenvalue weighted by Crippen LogP contribution is 2.15. The van der Waals surface area contributed by atoms with Gasteiger partial charge < -0.3 is 19.7 Å². The van der Waals surface area contributed by atoms with Gasteiger partial charge in [-0.2, -0.15) is 0 Å². The maximum atomic E-state index is 12.5. The van der Waals surface area contributed by atoms with Crippen molar-refractivity contribution in [2.24, 2.45) is 5.92 Å². The van der Waals surface area contributed by atoms with Gasteiger partial charge in [0.15, 0.2) is 6.04 Å². The maximum absolute atomic E-state index is 12.5. The van der Waals surface area contributed by atoms with Crippen LogP contribution in [0.3, 0.4) is 0 Å². The lowest BCUT2D eigenvalue weighted by Gasteiger charge is -2.32. The van der Waals surface area contributed by atoms with Crippen LogP contribution in [-0.2, 0) is 14.3 Å². The summed E-state index contributed by atoms with van der Waals surface area (Å²) in [7, 11) is 1.61. The summed E-state index contributed by atoms with van der Waals surface area (Å²) >= 11 is 0. The van der Waals surface area contributed by atoms with E-state index in [4.69, 9.17) is 9.47 Å². The molecule has 1 amide bonds. The van der Waals surface area contributed by atoms with Gasteiger partial charge in [0.05, 0.1) is 26.8 Å². The number of hydrogen-bond acceptors (Lipinski definition) is 4. The number of piperidine rings is 1. The highest BCUT2D eigenvalue weighted by atomic mass is 16.5. The van der Waals surface area contributed by atoms with Crippen LogP contribution >= 0.6 is 0 Å². The molecule has 1 heterocycles. The first kappa shape index (κ1) is 18.3. The quantitative estimate of drug-likeness (QED) is 0.757. The number of hydrogen-bond donors (Lipinski definition) is 2. The predicted molar refractivity (Wildman–Crippen MR) is 91.1 cm³/mol. The van der Waals surface area contributed by atoms with Crippen molar-refractivity contribution in [2.45, 2.75) is 32.7 Å². The van der Waals surface area contributed by atoms with Crippen LogP contribution in [0, 0.1) is 5.92 Å². The Kier molecular flexibility index (Phi) is 6.61. The van der Waals surface area contributed by atoms with Gasteiger partial charge in [0, 0.05) is 5.69 Å². The molecular weight excluding hydrogens is 308 g/mol. The van der Waals surface area contributed by atoms with E-state index in [1.54, 1.807) is 7.11 Å². The summed E-state index contributed by atoms with van der Waals surface area (Å²) in [6, 6.07) is 7.03. The molecule has 0 bridgehead atoms. The van der Waals surface area contributed by atoms with Crippen LogP contribution in [-0.4, -0.2) is 44.7 Å². The first-order valence-corrected chi connectivity index (χ1v) is 8.51. The van der Waals surface area contributed by atoms with Crippen LogP contribution in [0.5, 0.6) is 5.75 Å². The molecule has 1 saturated heterocycles. The maximum Gasteiger partial charge on any atom is 0.314 e. The fourth-order valence-corrected chi connectivity index (χ4v) is 3.06. The van der Waals surface area contributed by atoms with E-state index in [1.807, 2.05) is 38.1 Å². The van der Waals surface area contributed by atoms with E-state index in [2.05, 4.69) is 5.32 Å². The molecule has 0 aromatic heterocycles. The van der Waals surface area contributed by atoms with E-state index in [1.165, 1.54) is 0 Å². The Labute approximate surface area is 143 Å². The molecule has 2 N–H and O–H groups in total. The van der Waals surface area contributed by atoms with Crippen molar-refractivity contribution in [1.82, 2.24) is 0 Å². The molecule has 1 fully saturated rings. The van der Waals surface area contributed by atoms with Crippen molar-refractivity contribution in [3.05, 3.63) is 24.3 Å². The standard InChI is InChI=1S/C18H26N2O4/c1-4-24-18(22)14-6-5-11-20(12-14)13(2)17(21)19-15-7-9-16(23-3)10-8-15/h7-10,13-14H,4-6,11-12H2,1-3H3,(H,19,21)/p+1/t13-,14+/m0/s1. The summed E-state index contributed by atoms with van der Waals surface area (Å²) in [6.07, 6.45) is 1.77. The summed E-state index contributed by atoms with van der Waals surface area (Å²) in [6.45, 7) is 5.67. The van der Waals surface area contributed by atoms with Gasteiger partial charge in [-0.25, -0.2) is 0 Å². The highest BCUT2D eigenvalue weighted by Gasteiger charge is 2.34. The number of carbonyl (C=O) groups excluding carboxylic acids is 2. The molecule has 24 heavy (non-hydrogen) atoms. The van der Waals surface area contributed by atoms with Crippen molar-refractivity contribution in [1.29, 1.82) is 0 Å². The van der Waals surface area contributed by atoms with Gasteiger partial charge in [-0.05, 0) is 51.0 Å². The average molecular weight is 335 g/mol. The number of quaternary nitrogens is 1. The number of anilines is 1.